The van der Waals surface area contributed by atoms with Gasteiger partial charge in [-0.3, -0.25) is 4.98 Å². The molecule has 1 fully saturated rings. The van der Waals surface area contributed by atoms with Crippen molar-refractivity contribution < 1.29 is 0 Å². The fourth-order valence-corrected chi connectivity index (χ4v) is 4.48. The van der Waals surface area contributed by atoms with Crippen LogP contribution in [0.25, 0.3) is 22.4 Å². The largest absolute Gasteiger partial charge is 0.321 e. The molecule has 2 heterocycles. The number of rotatable bonds is 3. The molecule has 28 heavy (non-hydrogen) atoms. The van der Waals surface area contributed by atoms with E-state index in [1.54, 1.807) is 0 Å². The minimum atomic E-state index is -0.116. The van der Waals surface area contributed by atoms with Crippen LogP contribution in [0.4, 0.5) is 0 Å². The normalized spacial score (nSPS) is 18.4. The SMILES string of the molecule is CN1CCc2nc(-c3ccc(C4(N)CCC4)cc3)c(-c3ccccc3)cc2C1. The van der Waals surface area contributed by atoms with Crippen LogP contribution >= 0.6 is 0 Å². The van der Waals surface area contributed by atoms with Crippen LogP contribution in [0.15, 0.2) is 60.7 Å². The molecule has 0 atom stereocenters. The highest BCUT2D eigenvalue weighted by Crippen LogP contribution is 2.40. The molecule has 3 nitrogen and oxygen atoms in total. The molecule has 1 saturated carbocycles. The lowest BCUT2D eigenvalue weighted by Gasteiger charge is -2.38. The first kappa shape index (κ1) is 17.6. The zero-order valence-electron chi connectivity index (χ0n) is 16.5. The third-order valence-corrected chi connectivity index (χ3v) is 6.43. The van der Waals surface area contributed by atoms with E-state index in [0.717, 1.165) is 38.0 Å². The van der Waals surface area contributed by atoms with Gasteiger partial charge in [-0.25, -0.2) is 0 Å². The first-order valence-corrected chi connectivity index (χ1v) is 10.3. The summed E-state index contributed by atoms with van der Waals surface area (Å²) in [5.41, 5.74) is 14.9. The van der Waals surface area contributed by atoms with Gasteiger partial charge >= 0.3 is 0 Å². The van der Waals surface area contributed by atoms with Crippen molar-refractivity contribution in [2.24, 2.45) is 5.73 Å². The van der Waals surface area contributed by atoms with Crippen molar-refractivity contribution in [3.63, 3.8) is 0 Å². The van der Waals surface area contributed by atoms with E-state index < -0.39 is 0 Å². The summed E-state index contributed by atoms with van der Waals surface area (Å²) in [6.45, 7) is 2.04. The molecule has 3 aromatic rings. The summed E-state index contributed by atoms with van der Waals surface area (Å²) >= 11 is 0. The highest BCUT2D eigenvalue weighted by atomic mass is 15.1. The molecular formula is C25H27N3. The molecule has 0 bridgehead atoms. The zero-order chi connectivity index (χ0) is 19.1. The van der Waals surface area contributed by atoms with Gasteiger partial charge in [-0.2, -0.15) is 0 Å². The number of likely N-dealkylation sites (N-methyl/N-ethyl adjacent to an activating group) is 1. The third-order valence-electron chi connectivity index (χ3n) is 6.43. The van der Waals surface area contributed by atoms with Gasteiger partial charge in [-0.1, -0.05) is 54.6 Å². The molecule has 0 saturated heterocycles. The van der Waals surface area contributed by atoms with Gasteiger partial charge in [0.1, 0.15) is 0 Å². The van der Waals surface area contributed by atoms with Crippen molar-refractivity contribution in [3.05, 3.63) is 77.5 Å². The zero-order valence-corrected chi connectivity index (χ0v) is 16.5. The van der Waals surface area contributed by atoms with Gasteiger partial charge in [-0.05, 0) is 49.1 Å². The predicted octanol–water partition coefficient (Wildman–Crippen LogP) is 4.74. The van der Waals surface area contributed by atoms with E-state index in [1.165, 1.54) is 39.9 Å². The standard InChI is InChI=1S/C25H27N3/c1-28-15-12-23-20(17-28)16-22(18-6-3-2-4-7-18)24(27-23)19-8-10-21(11-9-19)25(26)13-5-14-25/h2-4,6-11,16H,5,12-15,17,26H2,1H3. The molecule has 5 rings (SSSR count). The topological polar surface area (TPSA) is 42.2 Å². The minimum absolute atomic E-state index is 0.116. The molecule has 0 unspecified atom stereocenters. The molecule has 2 N–H and O–H groups in total. The number of benzene rings is 2. The molecule has 2 aliphatic rings. The first-order valence-electron chi connectivity index (χ1n) is 10.3. The van der Waals surface area contributed by atoms with Gasteiger partial charge in [0.15, 0.2) is 0 Å². The quantitative estimate of drug-likeness (QED) is 0.725. The Kier molecular flexibility index (Phi) is 4.30. The van der Waals surface area contributed by atoms with E-state index in [4.69, 9.17) is 10.7 Å². The van der Waals surface area contributed by atoms with Crippen LogP contribution in [0, 0.1) is 0 Å². The number of aromatic nitrogens is 1. The van der Waals surface area contributed by atoms with Crippen molar-refractivity contribution in [3.8, 4) is 22.4 Å². The van der Waals surface area contributed by atoms with E-state index >= 15 is 0 Å². The number of nitrogens with two attached hydrogens (primary N) is 1. The van der Waals surface area contributed by atoms with Crippen LogP contribution in [0.3, 0.4) is 0 Å². The first-order chi connectivity index (χ1) is 13.6. The maximum Gasteiger partial charge on any atom is 0.0783 e. The summed E-state index contributed by atoms with van der Waals surface area (Å²) in [7, 11) is 2.18. The molecule has 0 spiro atoms. The lowest BCUT2D eigenvalue weighted by Crippen LogP contribution is -2.43. The molecule has 1 aliphatic heterocycles. The Morgan fingerprint density at radius 2 is 1.71 bits per heavy atom. The van der Waals surface area contributed by atoms with Crippen molar-refractivity contribution in [1.29, 1.82) is 0 Å². The van der Waals surface area contributed by atoms with Crippen LogP contribution in [-0.2, 0) is 18.5 Å². The summed E-state index contributed by atoms with van der Waals surface area (Å²) in [5, 5.41) is 0. The van der Waals surface area contributed by atoms with E-state index in [0.29, 0.717) is 0 Å². The molecule has 0 radical (unpaired) electrons. The second-order valence-electron chi connectivity index (χ2n) is 8.43. The monoisotopic (exact) mass is 369 g/mol. The molecule has 0 amide bonds. The smallest absolute Gasteiger partial charge is 0.0783 e. The Balaban J connectivity index is 1.61. The lowest BCUT2D eigenvalue weighted by atomic mass is 9.72. The fraction of sp³-hybridized carbons (Fsp3) is 0.320. The number of nitrogens with zero attached hydrogens (tertiary/aromatic N) is 2. The summed E-state index contributed by atoms with van der Waals surface area (Å²) < 4.78 is 0. The van der Waals surface area contributed by atoms with E-state index in [-0.39, 0.29) is 5.54 Å². The summed E-state index contributed by atoms with van der Waals surface area (Å²) in [4.78, 5) is 7.53. The highest BCUT2D eigenvalue weighted by Gasteiger charge is 2.34. The predicted molar refractivity (Wildman–Crippen MR) is 115 cm³/mol. The molecule has 142 valence electrons. The second kappa shape index (κ2) is 6.84. The van der Waals surface area contributed by atoms with Crippen molar-refractivity contribution >= 4 is 0 Å². The van der Waals surface area contributed by atoms with Crippen LogP contribution in [0.2, 0.25) is 0 Å². The fourth-order valence-electron chi connectivity index (χ4n) is 4.48. The van der Waals surface area contributed by atoms with Gasteiger partial charge in [-0.15, -0.1) is 0 Å². The van der Waals surface area contributed by atoms with Gasteiger partial charge in [0.2, 0.25) is 0 Å². The van der Waals surface area contributed by atoms with E-state index in [2.05, 4.69) is 72.6 Å². The number of hydrogen-bond acceptors (Lipinski definition) is 3. The highest BCUT2D eigenvalue weighted by molar-refractivity contribution is 5.81. The maximum atomic E-state index is 6.52. The van der Waals surface area contributed by atoms with Crippen molar-refractivity contribution in [2.45, 2.75) is 37.8 Å². The van der Waals surface area contributed by atoms with Gasteiger partial charge < -0.3 is 10.6 Å². The number of hydrogen-bond donors (Lipinski definition) is 1. The summed E-state index contributed by atoms with van der Waals surface area (Å²) in [6, 6.07) is 21.8. The average molecular weight is 370 g/mol. The second-order valence-corrected chi connectivity index (χ2v) is 8.43. The van der Waals surface area contributed by atoms with Crippen molar-refractivity contribution in [1.82, 2.24) is 9.88 Å². The minimum Gasteiger partial charge on any atom is -0.321 e. The molecule has 2 aromatic carbocycles. The number of fused-ring (bicyclic) bond motifs is 1. The Hall–Kier alpha value is -2.49. The Labute approximate surface area is 167 Å². The third kappa shape index (κ3) is 3.05. The Morgan fingerprint density at radius 1 is 0.964 bits per heavy atom. The van der Waals surface area contributed by atoms with Gasteiger partial charge in [0.05, 0.1) is 5.69 Å². The summed E-state index contributed by atoms with van der Waals surface area (Å²) in [5.74, 6) is 0. The van der Waals surface area contributed by atoms with Crippen LogP contribution in [-0.4, -0.2) is 23.5 Å². The molecule has 3 heteroatoms. The average Bonchev–Trinajstić information content (AvgIpc) is 2.72. The molecular weight excluding hydrogens is 342 g/mol. The van der Waals surface area contributed by atoms with Crippen LogP contribution in [0.1, 0.15) is 36.1 Å². The lowest BCUT2D eigenvalue weighted by molar-refractivity contribution is 0.253. The Morgan fingerprint density at radius 3 is 2.39 bits per heavy atom. The van der Waals surface area contributed by atoms with E-state index in [1.807, 2.05) is 0 Å². The van der Waals surface area contributed by atoms with Gasteiger partial charge in [0.25, 0.3) is 0 Å². The van der Waals surface area contributed by atoms with Gasteiger partial charge in [0, 0.05) is 41.9 Å². The Bertz CT molecular complexity index is 988. The van der Waals surface area contributed by atoms with Crippen LogP contribution < -0.4 is 5.73 Å². The van der Waals surface area contributed by atoms with Crippen molar-refractivity contribution in [2.75, 3.05) is 13.6 Å². The molecule has 1 aliphatic carbocycles. The molecule has 1 aromatic heterocycles. The summed E-state index contributed by atoms with van der Waals surface area (Å²) in [6.07, 6.45) is 4.42. The maximum absolute atomic E-state index is 6.52. The van der Waals surface area contributed by atoms with Crippen LogP contribution in [0.5, 0.6) is 0 Å². The number of pyridine rings is 1. The van der Waals surface area contributed by atoms with E-state index in [9.17, 15) is 0 Å².